The zero-order chi connectivity index (χ0) is 11.2. The van der Waals surface area contributed by atoms with E-state index in [1.807, 2.05) is 47.8 Å². The molecular formula is C13H12N2O. The number of benzene rings is 1. The van der Waals surface area contributed by atoms with E-state index < -0.39 is 0 Å². The number of anilines is 1. The van der Waals surface area contributed by atoms with Gasteiger partial charge in [0.1, 0.15) is 6.29 Å². The summed E-state index contributed by atoms with van der Waals surface area (Å²) >= 11 is 0. The molecule has 0 fully saturated rings. The Hall–Kier alpha value is -2.16. The molecule has 0 N–H and O–H groups in total. The first kappa shape index (κ1) is 10.4. The molecule has 1 aromatic rings. The van der Waals surface area contributed by atoms with Crippen LogP contribution < -0.4 is 5.01 Å². The number of hydrazone groups is 1. The normalized spacial score (nSPS) is 14.6. The van der Waals surface area contributed by atoms with Crippen molar-refractivity contribution < 1.29 is 4.79 Å². The van der Waals surface area contributed by atoms with Crippen molar-refractivity contribution >= 4 is 24.3 Å². The Morgan fingerprint density at radius 3 is 2.69 bits per heavy atom. The molecule has 0 spiro atoms. The predicted molar refractivity (Wildman–Crippen MR) is 66.3 cm³/mol. The van der Waals surface area contributed by atoms with Crippen LogP contribution >= 0.6 is 0 Å². The summed E-state index contributed by atoms with van der Waals surface area (Å²) in [6.45, 7) is 0. The van der Waals surface area contributed by atoms with Gasteiger partial charge >= 0.3 is 0 Å². The number of nitrogens with zero attached hydrogens (tertiary/aromatic N) is 2. The van der Waals surface area contributed by atoms with Crippen LogP contribution in [0.25, 0.3) is 6.08 Å². The van der Waals surface area contributed by atoms with Crippen LogP contribution in [0.4, 0.5) is 5.69 Å². The molecule has 0 radical (unpaired) electrons. The topological polar surface area (TPSA) is 32.7 Å². The zero-order valence-corrected chi connectivity index (χ0v) is 8.78. The van der Waals surface area contributed by atoms with Crippen LogP contribution in [0.2, 0.25) is 0 Å². The van der Waals surface area contributed by atoms with E-state index in [-0.39, 0.29) is 0 Å². The number of allylic oxidation sites excluding steroid dienone is 2. The highest BCUT2D eigenvalue weighted by atomic mass is 16.1. The lowest BCUT2D eigenvalue weighted by Crippen LogP contribution is -2.09. The largest absolute Gasteiger partial charge is 0.299 e. The number of rotatable bonds is 3. The number of hydrogen-bond donors (Lipinski definition) is 0. The molecule has 80 valence electrons. The van der Waals surface area contributed by atoms with Crippen molar-refractivity contribution in [1.29, 1.82) is 0 Å². The predicted octanol–water partition coefficient (Wildman–Crippen LogP) is 2.61. The molecule has 0 aromatic heterocycles. The Balaban J connectivity index is 2.15. The van der Waals surface area contributed by atoms with Gasteiger partial charge in [0.05, 0.1) is 5.69 Å². The van der Waals surface area contributed by atoms with E-state index in [4.69, 9.17) is 0 Å². The van der Waals surface area contributed by atoms with E-state index in [2.05, 4.69) is 5.10 Å². The van der Waals surface area contributed by atoms with Crippen LogP contribution in [0.3, 0.4) is 0 Å². The quantitative estimate of drug-likeness (QED) is 0.570. The maximum Gasteiger partial charge on any atom is 0.142 e. The first-order valence-corrected chi connectivity index (χ1v) is 5.10. The lowest BCUT2D eigenvalue weighted by atomic mass is 10.2. The van der Waals surface area contributed by atoms with E-state index in [1.165, 1.54) is 6.08 Å². The third-order valence-electron chi connectivity index (χ3n) is 2.22. The maximum absolute atomic E-state index is 10.2. The number of carbonyl (C=O) groups is 1. The molecule has 0 unspecified atom stereocenters. The van der Waals surface area contributed by atoms with Gasteiger partial charge in [-0.1, -0.05) is 24.3 Å². The molecule has 3 nitrogen and oxygen atoms in total. The second-order valence-corrected chi connectivity index (χ2v) is 3.35. The molecule has 1 aliphatic heterocycles. The molecule has 2 rings (SSSR count). The lowest BCUT2D eigenvalue weighted by molar-refractivity contribution is -0.104. The monoisotopic (exact) mass is 212 g/mol. The average molecular weight is 212 g/mol. The van der Waals surface area contributed by atoms with Crippen molar-refractivity contribution in [1.82, 2.24) is 0 Å². The van der Waals surface area contributed by atoms with Gasteiger partial charge in [-0.25, -0.2) is 5.01 Å². The molecule has 0 atom stereocenters. The standard InChI is InChI=1S/C13H12N2O/c16-11-3-4-12-5-7-13(8-6-12)15-10-2-1-9-14-15/h2-11H,1H2. The number of hydrogen-bond acceptors (Lipinski definition) is 3. The Kier molecular flexibility index (Phi) is 3.28. The third kappa shape index (κ3) is 2.45. The van der Waals surface area contributed by atoms with Gasteiger partial charge in [0, 0.05) is 18.8 Å². The van der Waals surface area contributed by atoms with Crippen LogP contribution in [0, 0.1) is 0 Å². The summed E-state index contributed by atoms with van der Waals surface area (Å²) in [5.74, 6) is 0. The summed E-state index contributed by atoms with van der Waals surface area (Å²) in [5, 5.41) is 6.06. The molecule has 3 heteroatoms. The third-order valence-corrected chi connectivity index (χ3v) is 2.22. The minimum atomic E-state index is 0.769. The smallest absolute Gasteiger partial charge is 0.142 e. The zero-order valence-electron chi connectivity index (χ0n) is 8.78. The van der Waals surface area contributed by atoms with Crippen molar-refractivity contribution in [3.05, 3.63) is 48.2 Å². The molecular weight excluding hydrogens is 200 g/mol. The van der Waals surface area contributed by atoms with Gasteiger partial charge in [0.2, 0.25) is 0 Å². The van der Waals surface area contributed by atoms with Gasteiger partial charge in [-0.05, 0) is 23.8 Å². The molecule has 0 saturated heterocycles. The lowest BCUT2D eigenvalue weighted by Gasteiger charge is -2.16. The summed E-state index contributed by atoms with van der Waals surface area (Å²) in [6.07, 6.45) is 10.8. The highest BCUT2D eigenvalue weighted by Crippen LogP contribution is 2.18. The van der Waals surface area contributed by atoms with Crippen molar-refractivity contribution in [3.8, 4) is 0 Å². The number of carbonyl (C=O) groups excluding carboxylic acids is 1. The molecule has 0 aliphatic carbocycles. The van der Waals surface area contributed by atoms with Crippen LogP contribution in [-0.4, -0.2) is 12.5 Å². The van der Waals surface area contributed by atoms with Gasteiger partial charge in [-0.3, -0.25) is 4.79 Å². The number of aldehydes is 1. The van der Waals surface area contributed by atoms with Gasteiger partial charge in [0.25, 0.3) is 0 Å². The highest BCUT2D eigenvalue weighted by Gasteiger charge is 2.01. The minimum absolute atomic E-state index is 0.769. The SMILES string of the molecule is O=CC=Cc1ccc(N2C=CCC=N2)cc1. The molecule has 0 bridgehead atoms. The molecule has 0 saturated carbocycles. The van der Waals surface area contributed by atoms with Crippen molar-refractivity contribution in [2.75, 3.05) is 5.01 Å². The summed E-state index contributed by atoms with van der Waals surface area (Å²) < 4.78 is 0. The summed E-state index contributed by atoms with van der Waals surface area (Å²) in [5.41, 5.74) is 2.01. The molecule has 0 amide bonds. The van der Waals surface area contributed by atoms with Crippen LogP contribution in [0.1, 0.15) is 12.0 Å². The summed E-state index contributed by atoms with van der Waals surface area (Å²) in [6, 6.07) is 7.84. The summed E-state index contributed by atoms with van der Waals surface area (Å²) in [4.78, 5) is 10.2. The second-order valence-electron chi connectivity index (χ2n) is 3.35. The van der Waals surface area contributed by atoms with E-state index in [9.17, 15) is 4.79 Å². The van der Waals surface area contributed by atoms with Crippen molar-refractivity contribution in [2.24, 2.45) is 5.10 Å². The Bertz CT molecular complexity index is 432. The van der Waals surface area contributed by atoms with Crippen LogP contribution in [0.15, 0.2) is 47.7 Å². The highest BCUT2D eigenvalue weighted by molar-refractivity contribution is 5.74. The van der Waals surface area contributed by atoms with Crippen LogP contribution in [-0.2, 0) is 4.79 Å². The average Bonchev–Trinajstić information content (AvgIpc) is 2.38. The second kappa shape index (κ2) is 5.07. The van der Waals surface area contributed by atoms with Gasteiger partial charge in [-0.15, -0.1) is 0 Å². The minimum Gasteiger partial charge on any atom is -0.299 e. The Morgan fingerprint density at radius 2 is 2.06 bits per heavy atom. The molecule has 1 heterocycles. The van der Waals surface area contributed by atoms with Gasteiger partial charge in [0.15, 0.2) is 0 Å². The molecule has 16 heavy (non-hydrogen) atoms. The van der Waals surface area contributed by atoms with Gasteiger partial charge < -0.3 is 0 Å². The molecule has 1 aliphatic rings. The first-order valence-electron chi connectivity index (χ1n) is 5.10. The fourth-order valence-corrected chi connectivity index (χ4v) is 1.44. The fraction of sp³-hybridized carbons (Fsp3) is 0.0769. The van der Waals surface area contributed by atoms with Crippen LogP contribution in [0.5, 0.6) is 0 Å². The Labute approximate surface area is 94.4 Å². The summed E-state index contributed by atoms with van der Waals surface area (Å²) in [7, 11) is 0. The van der Waals surface area contributed by atoms with E-state index in [1.54, 1.807) is 6.08 Å². The fourth-order valence-electron chi connectivity index (χ4n) is 1.44. The maximum atomic E-state index is 10.2. The van der Waals surface area contributed by atoms with Crippen molar-refractivity contribution in [2.45, 2.75) is 6.42 Å². The van der Waals surface area contributed by atoms with Crippen molar-refractivity contribution in [3.63, 3.8) is 0 Å². The molecule has 1 aromatic carbocycles. The van der Waals surface area contributed by atoms with Gasteiger partial charge in [-0.2, -0.15) is 5.10 Å². The van der Waals surface area contributed by atoms with E-state index in [0.29, 0.717) is 0 Å². The Morgan fingerprint density at radius 1 is 1.25 bits per heavy atom. The van der Waals surface area contributed by atoms with E-state index in [0.717, 1.165) is 24.0 Å². The first-order chi connectivity index (χ1) is 7.90. The van der Waals surface area contributed by atoms with E-state index >= 15 is 0 Å².